The summed E-state index contributed by atoms with van der Waals surface area (Å²) in [6.45, 7) is 9.89. The van der Waals surface area contributed by atoms with Crippen molar-refractivity contribution in [2.45, 2.75) is 33.1 Å². The van der Waals surface area contributed by atoms with Crippen molar-refractivity contribution in [3.63, 3.8) is 0 Å². The molecule has 0 aliphatic heterocycles. The molecule has 0 atom stereocenters. The Morgan fingerprint density at radius 3 is 2.91 bits per heavy atom. The number of hydrogen-bond donors (Lipinski definition) is 2. The topological polar surface area (TPSA) is 68.2 Å². The minimum atomic E-state index is 0.0475. The van der Waals surface area contributed by atoms with Gasteiger partial charge in [0, 0.05) is 13.0 Å². The summed E-state index contributed by atoms with van der Waals surface area (Å²) in [5, 5.41) is 8.08. The summed E-state index contributed by atoms with van der Waals surface area (Å²) >= 11 is 0. The van der Waals surface area contributed by atoms with Crippen molar-refractivity contribution in [3.05, 3.63) is 36.2 Å². The zero-order valence-electron chi connectivity index (χ0n) is 13.5. The number of allylic oxidation sites excluding steroid dienone is 1. The Morgan fingerprint density at radius 2 is 2.23 bits per heavy atom. The van der Waals surface area contributed by atoms with Gasteiger partial charge in [-0.15, -0.1) is 5.10 Å². The molecule has 3 N–H and O–H groups in total. The molecule has 1 aliphatic carbocycles. The smallest absolute Gasteiger partial charge is 0.158 e. The molecule has 1 aliphatic rings. The number of nitrogens with two attached hydrogens (primary N) is 1. The highest BCUT2D eigenvalue weighted by molar-refractivity contribution is 5.49. The lowest BCUT2D eigenvalue weighted by atomic mass is 9.94. The summed E-state index contributed by atoms with van der Waals surface area (Å²) in [6.07, 6.45) is 3.32. The van der Waals surface area contributed by atoms with Crippen LogP contribution >= 0.6 is 0 Å². The SMILES string of the molecule is C=C(Cc1nc2cccc(NCC(C)(C)CN)n2n1)C1CC1. The van der Waals surface area contributed by atoms with Gasteiger partial charge in [-0.25, -0.2) is 4.98 Å². The van der Waals surface area contributed by atoms with Crippen LogP contribution in [0.4, 0.5) is 5.82 Å². The van der Waals surface area contributed by atoms with Gasteiger partial charge < -0.3 is 11.1 Å². The van der Waals surface area contributed by atoms with Gasteiger partial charge in [0.25, 0.3) is 0 Å². The molecular formula is C17H25N5. The summed E-state index contributed by atoms with van der Waals surface area (Å²) in [4.78, 5) is 4.61. The maximum absolute atomic E-state index is 5.79. The number of nitrogens with one attached hydrogen (secondary N) is 1. The van der Waals surface area contributed by atoms with E-state index in [4.69, 9.17) is 5.73 Å². The molecule has 0 amide bonds. The summed E-state index contributed by atoms with van der Waals surface area (Å²) in [7, 11) is 0. The molecule has 3 rings (SSSR count). The monoisotopic (exact) mass is 299 g/mol. The summed E-state index contributed by atoms with van der Waals surface area (Å²) in [5.41, 5.74) is 7.97. The zero-order chi connectivity index (χ0) is 15.7. The van der Waals surface area contributed by atoms with Gasteiger partial charge in [-0.2, -0.15) is 4.52 Å². The quantitative estimate of drug-likeness (QED) is 0.771. The van der Waals surface area contributed by atoms with Crippen LogP contribution in [-0.2, 0) is 6.42 Å². The average molecular weight is 299 g/mol. The van der Waals surface area contributed by atoms with Crippen molar-refractivity contribution in [2.75, 3.05) is 18.4 Å². The lowest BCUT2D eigenvalue weighted by Gasteiger charge is -2.23. The molecule has 5 nitrogen and oxygen atoms in total. The third-order valence-electron chi connectivity index (χ3n) is 4.24. The number of aromatic nitrogens is 3. The highest BCUT2D eigenvalue weighted by atomic mass is 15.3. The molecule has 0 radical (unpaired) electrons. The van der Waals surface area contributed by atoms with Crippen molar-refractivity contribution < 1.29 is 0 Å². The Balaban J connectivity index is 1.78. The molecule has 0 spiro atoms. The fraction of sp³-hybridized carbons (Fsp3) is 0.529. The first-order chi connectivity index (χ1) is 10.5. The predicted molar refractivity (Wildman–Crippen MR) is 89.9 cm³/mol. The van der Waals surface area contributed by atoms with Gasteiger partial charge in [0.2, 0.25) is 0 Å². The maximum Gasteiger partial charge on any atom is 0.158 e. The van der Waals surface area contributed by atoms with E-state index in [0.29, 0.717) is 12.5 Å². The van der Waals surface area contributed by atoms with E-state index >= 15 is 0 Å². The number of hydrogen-bond acceptors (Lipinski definition) is 4. The number of anilines is 1. The largest absolute Gasteiger partial charge is 0.369 e. The van der Waals surface area contributed by atoms with Gasteiger partial charge in [0.15, 0.2) is 11.5 Å². The third-order valence-corrected chi connectivity index (χ3v) is 4.24. The fourth-order valence-electron chi connectivity index (χ4n) is 2.40. The Kier molecular flexibility index (Phi) is 3.91. The molecule has 0 bridgehead atoms. The number of nitrogens with zero attached hydrogens (tertiary/aromatic N) is 3. The lowest BCUT2D eigenvalue weighted by Crippen LogP contribution is -2.31. The van der Waals surface area contributed by atoms with Gasteiger partial charge in [-0.05, 0) is 42.9 Å². The van der Waals surface area contributed by atoms with Gasteiger partial charge in [-0.1, -0.05) is 32.1 Å². The lowest BCUT2D eigenvalue weighted by molar-refractivity contribution is 0.405. The predicted octanol–water partition coefficient (Wildman–Crippen LogP) is 2.63. The molecule has 118 valence electrons. The highest BCUT2D eigenvalue weighted by Crippen LogP contribution is 2.36. The average Bonchev–Trinajstić information content (AvgIpc) is 3.26. The zero-order valence-corrected chi connectivity index (χ0v) is 13.5. The fourth-order valence-corrected chi connectivity index (χ4v) is 2.40. The molecule has 0 saturated heterocycles. The third kappa shape index (κ3) is 3.30. The van der Waals surface area contributed by atoms with Crippen molar-refractivity contribution >= 4 is 11.5 Å². The Bertz CT molecular complexity index is 681. The van der Waals surface area contributed by atoms with E-state index in [1.807, 2.05) is 22.7 Å². The van der Waals surface area contributed by atoms with Gasteiger partial charge >= 0.3 is 0 Å². The Labute approximate surface area is 131 Å². The normalized spacial score (nSPS) is 15.2. The number of pyridine rings is 1. The van der Waals surface area contributed by atoms with Crippen LogP contribution in [0.3, 0.4) is 0 Å². The second-order valence-corrected chi connectivity index (χ2v) is 7.04. The molecule has 1 saturated carbocycles. The summed E-state index contributed by atoms with van der Waals surface area (Å²) in [5.74, 6) is 2.49. The van der Waals surface area contributed by atoms with Crippen LogP contribution < -0.4 is 11.1 Å². The first-order valence-electron chi connectivity index (χ1n) is 7.95. The number of fused-ring (bicyclic) bond motifs is 1. The standard InChI is InChI=1S/C17H25N5/c1-12(13-7-8-13)9-14-20-16-6-4-5-15(22(16)21-14)19-11-17(2,3)10-18/h4-6,13,19H,1,7-11,18H2,2-3H3. The molecular weight excluding hydrogens is 274 g/mol. The van der Waals surface area contributed by atoms with E-state index in [1.54, 1.807) is 0 Å². The second-order valence-electron chi connectivity index (χ2n) is 7.04. The molecule has 0 unspecified atom stereocenters. The minimum absolute atomic E-state index is 0.0475. The van der Waals surface area contributed by atoms with Crippen LogP contribution in [0.5, 0.6) is 0 Å². The van der Waals surface area contributed by atoms with Crippen molar-refractivity contribution in [1.82, 2.24) is 14.6 Å². The Morgan fingerprint density at radius 1 is 1.45 bits per heavy atom. The summed E-state index contributed by atoms with van der Waals surface area (Å²) in [6, 6.07) is 6.00. The molecule has 22 heavy (non-hydrogen) atoms. The van der Waals surface area contributed by atoms with E-state index in [9.17, 15) is 0 Å². The highest BCUT2D eigenvalue weighted by Gasteiger charge is 2.25. The second kappa shape index (κ2) is 5.72. The molecule has 2 aromatic heterocycles. The molecule has 0 aromatic carbocycles. The molecule has 1 fully saturated rings. The molecule has 2 heterocycles. The summed E-state index contributed by atoms with van der Waals surface area (Å²) < 4.78 is 1.88. The van der Waals surface area contributed by atoms with Crippen LogP contribution in [0.25, 0.3) is 5.65 Å². The van der Waals surface area contributed by atoms with E-state index < -0.39 is 0 Å². The van der Waals surface area contributed by atoms with Crippen LogP contribution in [0.15, 0.2) is 30.4 Å². The first-order valence-corrected chi connectivity index (χ1v) is 7.95. The minimum Gasteiger partial charge on any atom is -0.369 e. The van der Waals surface area contributed by atoms with E-state index in [1.165, 1.54) is 18.4 Å². The van der Waals surface area contributed by atoms with Crippen LogP contribution in [0.1, 0.15) is 32.5 Å². The molecule has 2 aromatic rings. The molecule has 5 heteroatoms. The van der Waals surface area contributed by atoms with Crippen LogP contribution in [0.2, 0.25) is 0 Å². The van der Waals surface area contributed by atoms with E-state index in [2.05, 4.69) is 35.8 Å². The first kappa shape index (κ1) is 15.0. The maximum atomic E-state index is 5.79. The van der Waals surface area contributed by atoms with Crippen LogP contribution in [0, 0.1) is 11.3 Å². The van der Waals surface area contributed by atoms with Crippen molar-refractivity contribution in [2.24, 2.45) is 17.1 Å². The van der Waals surface area contributed by atoms with Crippen LogP contribution in [-0.4, -0.2) is 27.7 Å². The number of rotatable bonds is 7. The van der Waals surface area contributed by atoms with Gasteiger partial charge in [-0.3, -0.25) is 0 Å². The van der Waals surface area contributed by atoms with Crippen molar-refractivity contribution in [3.8, 4) is 0 Å². The van der Waals surface area contributed by atoms with Gasteiger partial charge in [0.05, 0.1) is 0 Å². The van der Waals surface area contributed by atoms with Gasteiger partial charge in [0.1, 0.15) is 5.82 Å². The Hall–Kier alpha value is -1.88. The van der Waals surface area contributed by atoms with E-state index in [-0.39, 0.29) is 5.41 Å². The van der Waals surface area contributed by atoms with E-state index in [0.717, 1.165) is 30.3 Å². The van der Waals surface area contributed by atoms with Crippen molar-refractivity contribution in [1.29, 1.82) is 0 Å².